The van der Waals surface area contributed by atoms with Gasteiger partial charge in [-0.1, -0.05) is 6.92 Å². The molecule has 0 aromatic rings. The van der Waals surface area contributed by atoms with Crippen LogP contribution in [0.3, 0.4) is 0 Å². The van der Waals surface area contributed by atoms with Crippen molar-refractivity contribution in [3.05, 3.63) is 0 Å². The summed E-state index contributed by atoms with van der Waals surface area (Å²) in [6, 6.07) is -0.806. The second-order valence-corrected chi connectivity index (χ2v) is 4.71. The van der Waals surface area contributed by atoms with E-state index in [1.54, 1.807) is 0 Å². The van der Waals surface area contributed by atoms with E-state index in [-0.39, 0.29) is 11.7 Å². The molecular formula is C9H17NO4S. The highest BCUT2D eigenvalue weighted by molar-refractivity contribution is 7.85. The Kier molecular flexibility index (Phi) is 6.94. The number of nitrogens with one attached hydrogen (secondary N) is 1. The van der Waals surface area contributed by atoms with Crippen LogP contribution in [-0.4, -0.2) is 40.7 Å². The topological polar surface area (TPSA) is 72.5 Å². The third-order valence-electron chi connectivity index (χ3n) is 1.65. The maximum Gasteiger partial charge on any atom is 0.329 e. The number of rotatable bonds is 6. The van der Waals surface area contributed by atoms with E-state index in [0.717, 1.165) is 6.42 Å². The van der Waals surface area contributed by atoms with Crippen molar-refractivity contribution < 1.29 is 18.5 Å². The lowest BCUT2D eigenvalue weighted by atomic mass is 10.3. The van der Waals surface area contributed by atoms with Gasteiger partial charge in [0.1, 0.15) is 6.04 Å². The summed E-state index contributed by atoms with van der Waals surface area (Å²) in [4.78, 5) is 22.0. The first-order valence-corrected chi connectivity index (χ1v) is 6.20. The van der Waals surface area contributed by atoms with Crippen LogP contribution < -0.4 is 5.32 Å². The van der Waals surface area contributed by atoms with Gasteiger partial charge >= 0.3 is 5.97 Å². The van der Waals surface area contributed by atoms with Crippen LogP contribution in [0.2, 0.25) is 0 Å². The zero-order valence-electron chi connectivity index (χ0n) is 9.24. The molecule has 0 aliphatic heterocycles. The van der Waals surface area contributed by atoms with Crippen LogP contribution in [0, 0.1) is 0 Å². The first-order valence-electron chi connectivity index (χ1n) is 4.71. The molecule has 0 spiro atoms. The number of ether oxygens (including phenoxy) is 1. The molecule has 1 amide bonds. The zero-order chi connectivity index (χ0) is 11.8. The third kappa shape index (κ3) is 6.22. The van der Waals surface area contributed by atoms with Gasteiger partial charge in [-0.3, -0.25) is 9.00 Å². The van der Waals surface area contributed by atoms with E-state index in [1.165, 1.54) is 14.0 Å². The largest absolute Gasteiger partial charge is 0.467 e. The van der Waals surface area contributed by atoms with Gasteiger partial charge in [0.25, 0.3) is 0 Å². The second-order valence-electron chi connectivity index (χ2n) is 3.09. The molecule has 6 heteroatoms. The van der Waals surface area contributed by atoms with E-state index >= 15 is 0 Å². The molecular weight excluding hydrogens is 218 g/mol. The molecule has 15 heavy (non-hydrogen) atoms. The Morgan fingerprint density at radius 1 is 1.47 bits per heavy atom. The summed E-state index contributed by atoms with van der Waals surface area (Å²) in [5.74, 6) is -0.263. The van der Waals surface area contributed by atoms with Crippen LogP contribution in [0.1, 0.15) is 20.3 Å². The van der Waals surface area contributed by atoms with Crippen LogP contribution in [0.5, 0.6) is 0 Å². The summed E-state index contributed by atoms with van der Waals surface area (Å²) in [7, 11) is 0.132. The van der Waals surface area contributed by atoms with Crippen LogP contribution in [0.15, 0.2) is 0 Å². The molecule has 0 aliphatic carbocycles. The molecule has 0 aliphatic rings. The molecule has 0 fully saturated rings. The fourth-order valence-electron chi connectivity index (χ4n) is 1.05. The van der Waals surface area contributed by atoms with Crippen molar-refractivity contribution in [2.45, 2.75) is 26.3 Å². The number of hydrogen-bond acceptors (Lipinski definition) is 4. The zero-order valence-corrected chi connectivity index (χ0v) is 10.1. The highest BCUT2D eigenvalue weighted by atomic mass is 32.2. The van der Waals surface area contributed by atoms with Gasteiger partial charge in [-0.05, 0) is 6.42 Å². The molecule has 0 saturated heterocycles. The fourth-order valence-corrected chi connectivity index (χ4v) is 2.27. The fraction of sp³-hybridized carbons (Fsp3) is 0.778. The molecule has 0 radical (unpaired) electrons. The molecule has 5 nitrogen and oxygen atoms in total. The van der Waals surface area contributed by atoms with Gasteiger partial charge in [-0.15, -0.1) is 0 Å². The first-order chi connectivity index (χ1) is 7.01. The van der Waals surface area contributed by atoms with Crippen molar-refractivity contribution in [3.63, 3.8) is 0 Å². The maximum atomic E-state index is 11.4. The molecule has 88 valence electrons. The van der Waals surface area contributed by atoms with Crippen molar-refractivity contribution in [3.8, 4) is 0 Å². The lowest BCUT2D eigenvalue weighted by Crippen LogP contribution is -2.44. The Balaban J connectivity index is 4.30. The molecule has 0 heterocycles. The molecule has 0 saturated carbocycles. The SMILES string of the molecule is CCCS(=O)CC(NC(C)=O)C(=O)OC. The van der Waals surface area contributed by atoms with Gasteiger partial charge in [-0.25, -0.2) is 4.79 Å². The second kappa shape index (κ2) is 7.39. The van der Waals surface area contributed by atoms with E-state index < -0.39 is 22.8 Å². The average molecular weight is 235 g/mol. The summed E-state index contributed by atoms with van der Waals surface area (Å²) in [6.45, 7) is 3.21. The predicted octanol–water partition coefficient (Wildman–Crippen LogP) is -0.177. The van der Waals surface area contributed by atoms with Crippen molar-refractivity contribution in [1.82, 2.24) is 5.32 Å². The van der Waals surface area contributed by atoms with Crippen LogP contribution in [-0.2, 0) is 25.1 Å². The third-order valence-corrected chi connectivity index (χ3v) is 3.22. The Hall–Kier alpha value is -0.910. The number of amides is 1. The van der Waals surface area contributed by atoms with E-state index in [9.17, 15) is 13.8 Å². The van der Waals surface area contributed by atoms with Gasteiger partial charge in [0, 0.05) is 23.5 Å². The van der Waals surface area contributed by atoms with Crippen molar-refractivity contribution >= 4 is 22.7 Å². The first kappa shape index (κ1) is 14.1. The van der Waals surface area contributed by atoms with Crippen molar-refractivity contribution in [1.29, 1.82) is 0 Å². The summed E-state index contributed by atoms with van der Waals surface area (Å²) >= 11 is 0. The van der Waals surface area contributed by atoms with Gasteiger partial charge < -0.3 is 10.1 Å². The maximum absolute atomic E-state index is 11.4. The number of esters is 1. The van der Waals surface area contributed by atoms with E-state index in [0.29, 0.717) is 5.75 Å². The van der Waals surface area contributed by atoms with Crippen LogP contribution >= 0.6 is 0 Å². The molecule has 2 unspecified atom stereocenters. The summed E-state index contributed by atoms with van der Waals surface area (Å²) in [5, 5.41) is 2.41. The Bertz CT molecular complexity index is 254. The number of carbonyl (C=O) groups excluding carboxylic acids is 2. The number of carbonyl (C=O) groups is 2. The molecule has 0 bridgehead atoms. The Labute approximate surface area is 92.0 Å². The monoisotopic (exact) mass is 235 g/mol. The normalized spacial score (nSPS) is 14.1. The van der Waals surface area contributed by atoms with Gasteiger partial charge in [0.05, 0.1) is 12.9 Å². The average Bonchev–Trinajstić information content (AvgIpc) is 2.15. The lowest BCUT2D eigenvalue weighted by Gasteiger charge is -2.14. The standard InChI is InChI=1S/C9H17NO4S/c1-4-5-15(13)6-8(9(12)14-3)10-7(2)11/h8H,4-6H2,1-3H3,(H,10,11). The van der Waals surface area contributed by atoms with E-state index in [1.807, 2.05) is 6.92 Å². The van der Waals surface area contributed by atoms with Crippen LogP contribution in [0.4, 0.5) is 0 Å². The van der Waals surface area contributed by atoms with Crippen molar-refractivity contribution in [2.24, 2.45) is 0 Å². The number of hydrogen-bond donors (Lipinski definition) is 1. The molecule has 2 atom stereocenters. The van der Waals surface area contributed by atoms with Gasteiger partial charge in [-0.2, -0.15) is 0 Å². The van der Waals surface area contributed by atoms with Crippen LogP contribution in [0.25, 0.3) is 0 Å². The highest BCUT2D eigenvalue weighted by Crippen LogP contribution is 1.95. The minimum Gasteiger partial charge on any atom is -0.467 e. The lowest BCUT2D eigenvalue weighted by molar-refractivity contribution is -0.144. The summed E-state index contributed by atoms with van der Waals surface area (Å²) < 4.78 is 15.9. The molecule has 0 rings (SSSR count). The predicted molar refractivity (Wildman–Crippen MR) is 57.8 cm³/mol. The minimum atomic E-state index is -1.10. The van der Waals surface area contributed by atoms with E-state index in [4.69, 9.17) is 0 Å². The molecule has 1 N–H and O–H groups in total. The highest BCUT2D eigenvalue weighted by Gasteiger charge is 2.22. The molecule has 0 aromatic carbocycles. The summed E-state index contributed by atoms with van der Waals surface area (Å²) in [6.07, 6.45) is 0.778. The quantitative estimate of drug-likeness (QED) is 0.648. The summed E-state index contributed by atoms with van der Waals surface area (Å²) in [5.41, 5.74) is 0. The van der Waals surface area contributed by atoms with Gasteiger partial charge in [0.15, 0.2) is 0 Å². The van der Waals surface area contributed by atoms with Gasteiger partial charge in [0.2, 0.25) is 5.91 Å². The van der Waals surface area contributed by atoms with Crippen molar-refractivity contribution in [2.75, 3.05) is 18.6 Å². The Morgan fingerprint density at radius 3 is 2.47 bits per heavy atom. The minimum absolute atomic E-state index is 0.111. The Morgan fingerprint density at radius 2 is 2.07 bits per heavy atom. The smallest absolute Gasteiger partial charge is 0.329 e. The molecule has 0 aromatic heterocycles. The van der Waals surface area contributed by atoms with E-state index in [2.05, 4.69) is 10.1 Å². The number of methoxy groups -OCH3 is 1.